The summed E-state index contributed by atoms with van der Waals surface area (Å²) in [6.07, 6.45) is 3.71. The fraction of sp³-hybridized carbons (Fsp3) is 0.321. The highest BCUT2D eigenvalue weighted by atomic mass is 16.5. The maximum atomic E-state index is 12.8. The van der Waals surface area contributed by atoms with Gasteiger partial charge in [0.2, 0.25) is 0 Å². The Morgan fingerprint density at radius 3 is 2.42 bits per heavy atom. The van der Waals surface area contributed by atoms with E-state index in [-0.39, 0.29) is 12.1 Å². The molecular formula is C28H32N6O2. The van der Waals surface area contributed by atoms with E-state index >= 15 is 0 Å². The van der Waals surface area contributed by atoms with E-state index in [0.717, 1.165) is 53.7 Å². The minimum atomic E-state index is -0.235. The van der Waals surface area contributed by atoms with Crippen LogP contribution in [0.1, 0.15) is 31.4 Å². The highest BCUT2D eigenvalue weighted by molar-refractivity contribution is 5.94. The molecule has 5 rings (SSSR count). The monoisotopic (exact) mass is 484 g/mol. The molecule has 1 saturated carbocycles. The van der Waals surface area contributed by atoms with E-state index in [4.69, 9.17) is 9.51 Å². The first-order valence-corrected chi connectivity index (χ1v) is 12.4. The van der Waals surface area contributed by atoms with Gasteiger partial charge in [-0.15, -0.1) is 0 Å². The minimum Gasteiger partial charge on any atom is -0.377 e. The topological polar surface area (TPSA) is 95.3 Å². The zero-order valence-corrected chi connectivity index (χ0v) is 20.9. The molecule has 2 heterocycles. The Labute approximate surface area is 211 Å². The van der Waals surface area contributed by atoms with Crippen LogP contribution in [0.3, 0.4) is 0 Å². The van der Waals surface area contributed by atoms with E-state index in [1.165, 1.54) is 0 Å². The number of para-hydroxylation sites is 1. The van der Waals surface area contributed by atoms with E-state index in [1.54, 1.807) is 6.92 Å². The summed E-state index contributed by atoms with van der Waals surface area (Å²) in [5.74, 6) is 1.47. The molecule has 2 aromatic carbocycles. The maximum Gasteiger partial charge on any atom is 0.319 e. The number of fused-ring (bicyclic) bond motifs is 1. The number of hydrogen-bond acceptors (Lipinski definition) is 6. The molecule has 1 aliphatic rings. The average molecular weight is 485 g/mol. The van der Waals surface area contributed by atoms with Gasteiger partial charge in [-0.3, -0.25) is 0 Å². The highest BCUT2D eigenvalue weighted by Crippen LogP contribution is 2.31. The summed E-state index contributed by atoms with van der Waals surface area (Å²) in [5, 5.41) is 15.0. The number of rotatable bonds is 6. The predicted molar refractivity (Wildman–Crippen MR) is 145 cm³/mol. The normalized spacial score (nSPS) is 17.5. The Bertz CT molecular complexity index is 1340. The number of urea groups is 1. The van der Waals surface area contributed by atoms with Crippen LogP contribution in [0.5, 0.6) is 0 Å². The van der Waals surface area contributed by atoms with Crippen LogP contribution >= 0.6 is 0 Å². The third-order valence-corrected chi connectivity index (χ3v) is 6.74. The van der Waals surface area contributed by atoms with Crippen molar-refractivity contribution in [3.8, 4) is 11.3 Å². The molecule has 0 atom stereocenters. The molecule has 8 nitrogen and oxygen atoms in total. The molecule has 2 amide bonds. The molecule has 0 unspecified atom stereocenters. The first kappa shape index (κ1) is 23.7. The molecule has 0 aliphatic heterocycles. The summed E-state index contributed by atoms with van der Waals surface area (Å²) in [7, 11) is 4.11. The molecule has 1 aliphatic carbocycles. The number of nitrogens with zero attached hydrogens (tertiary/aromatic N) is 3. The van der Waals surface area contributed by atoms with E-state index < -0.39 is 0 Å². The van der Waals surface area contributed by atoms with E-state index in [2.05, 4.69) is 52.2 Å². The smallest absolute Gasteiger partial charge is 0.319 e. The number of carbonyl (C=O) groups is 1. The number of aromatic nitrogens is 2. The van der Waals surface area contributed by atoms with Gasteiger partial charge in [-0.1, -0.05) is 53.7 Å². The van der Waals surface area contributed by atoms with Crippen LogP contribution < -0.4 is 20.9 Å². The lowest BCUT2D eigenvalue weighted by molar-refractivity contribution is 0.243. The number of nitrogens with one attached hydrogen (secondary N) is 3. The molecule has 0 spiro atoms. The predicted octanol–water partition coefficient (Wildman–Crippen LogP) is 5.81. The van der Waals surface area contributed by atoms with Crippen molar-refractivity contribution in [1.82, 2.24) is 15.5 Å². The van der Waals surface area contributed by atoms with Gasteiger partial charge in [0.15, 0.2) is 5.76 Å². The Kier molecular flexibility index (Phi) is 6.75. The first-order valence-electron chi connectivity index (χ1n) is 12.4. The van der Waals surface area contributed by atoms with Gasteiger partial charge in [0, 0.05) is 48.9 Å². The van der Waals surface area contributed by atoms with Crippen molar-refractivity contribution in [2.24, 2.45) is 0 Å². The van der Waals surface area contributed by atoms with Gasteiger partial charge >= 0.3 is 6.03 Å². The van der Waals surface area contributed by atoms with Gasteiger partial charge in [-0.2, -0.15) is 0 Å². The average Bonchev–Trinajstić information content (AvgIpc) is 3.24. The summed E-state index contributed by atoms with van der Waals surface area (Å²) in [5.41, 5.74) is 4.27. The van der Waals surface area contributed by atoms with Crippen molar-refractivity contribution in [2.75, 3.05) is 29.6 Å². The SMILES string of the molecule is Cc1onc(-c2ccccc2)c1NC(=O)N[C@H]1CC[C@@H](Nc2cc(N(C)C)c3ccccc3n2)CC1. The van der Waals surface area contributed by atoms with Crippen molar-refractivity contribution in [3.05, 3.63) is 66.4 Å². The van der Waals surface area contributed by atoms with E-state index in [0.29, 0.717) is 23.2 Å². The molecule has 8 heteroatoms. The Balaban J connectivity index is 1.18. The van der Waals surface area contributed by atoms with Crippen molar-refractivity contribution in [1.29, 1.82) is 0 Å². The minimum absolute atomic E-state index is 0.116. The van der Waals surface area contributed by atoms with Crippen molar-refractivity contribution >= 4 is 34.1 Å². The van der Waals surface area contributed by atoms with Crippen molar-refractivity contribution in [3.63, 3.8) is 0 Å². The molecule has 2 aromatic heterocycles. The van der Waals surface area contributed by atoms with Crippen LogP contribution in [0.4, 0.5) is 22.0 Å². The summed E-state index contributed by atoms with van der Waals surface area (Å²) in [4.78, 5) is 19.7. The van der Waals surface area contributed by atoms with Gasteiger partial charge in [-0.05, 0) is 38.7 Å². The van der Waals surface area contributed by atoms with Crippen molar-refractivity contribution < 1.29 is 9.32 Å². The number of benzene rings is 2. The van der Waals surface area contributed by atoms with Gasteiger partial charge < -0.3 is 25.4 Å². The second kappa shape index (κ2) is 10.3. The number of anilines is 3. The lowest BCUT2D eigenvalue weighted by atomic mass is 9.91. The summed E-state index contributed by atoms with van der Waals surface area (Å²) >= 11 is 0. The third kappa shape index (κ3) is 5.12. The summed E-state index contributed by atoms with van der Waals surface area (Å²) in [6, 6.07) is 20.2. The number of pyridine rings is 1. The quantitative estimate of drug-likeness (QED) is 0.320. The van der Waals surface area contributed by atoms with Crippen molar-refractivity contribution in [2.45, 2.75) is 44.7 Å². The lowest BCUT2D eigenvalue weighted by Crippen LogP contribution is -2.42. The molecule has 0 radical (unpaired) electrons. The van der Waals surface area contributed by atoms with Crippen LogP contribution in [0.25, 0.3) is 22.2 Å². The largest absolute Gasteiger partial charge is 0.377 e. The zero-order valence-electron chi connectivity index (χ0n) is 20.9. The second-order valence-electron chi connectivity index (χ2n) is 9.56. The second-order valence-corrected chi connectivity index (χ2v) is 9.56. The third-order valence-electron chi connectivity index (χ3n) is 6.74. The Morgan fingerprint density at radius 2 is 1.67 bits per heavy atom. The number of aryl methyl sites for hydroxylation is 1. The van der Waals surface area contributed by atoms with Gasteiger partial charge in [-0.25, -0.2) is 9.78 Å². The van der Waals surface area contributed by atoms with E-state index in [9.17, 15) is 4.79 Å². The van der Waals surface area contributed by atoms with Gasteiger partial charge in [0.05, 0.1) is 5.52 Å². The van der Waals surface area contributed by atoms with Crippen LogP contribution in [0.2, 0.25) is 0 Å². The molecule has 4 aromatic rings. The molecule has 186 valence electrons. The van der Waals surface area contributed by atoms with Gasteiger partial charge in [0.25, 0.3) is 0 Å². The van der Waals surface area contributed by atoms with Crippen LogP contribution in [0, 0.1) is 6.92 Å². The molecule has 0 bridgehead atoms. The fourth-order valence-electron chi connectivity index (χ4n) is 4.84. The first-order chi connectivity index (χ1) is 17.5. The Morgan fingerprint density at radius 1 is 0.972 bits per heavy atom. The standard InChI is InChI=1S/C28H32N6O2/c1-18-26(27(33-36-18)19-9-5-4-6-10-19)32-28(35)30-21-15-13-20(14-16-21)29-25-17-24(34(2)3)22-11-7-8-12-23(22)31-25/h4-12,17,20-21H,13-16H2,1-3H3,(H,29,31)(H2,30,32,35)/t20-,21+. The molecule has 0 saturated heterocycles. The van der Waals surface area contributed by atoms with Crippen LogP contribution in [0.15, 0.2) is 65.2 Å². The maximum absolute atomic E-state index is 12.8. The lowest BCUT2D eigenvalue weighted by Gasteiger charge is -2.30. The molecular weight excluding hydrogens is 452 g/mol. The number of carbonyl (C=O) groups excluding carboxylic acids is 1. The molecule has 36 heavy (non-hydrogen) atoms. The fourth-order valence-corrected chi connectivity index (χ4v) is 4.84. The Hall–Kier alpha value is -4.07. The molecule has 1 fully saturated rings. The zero-order chi connectivity index (χ0) is 25.1. The van der Waals surface area contributed by atoms with Crippen LogP contribution in [-0.2, 0) is 0 Å². The highest BCUT2D eigenvalue weighted by Gasteiger charge is 2.24. The summed E-state index contributed by atoms with van der Waals surface area (Å²) in [6.45, 7) is 1.80. The molecule has 3 N–H and O–H groups in total. The summed E-state index contributed by atoms with van der Waals surface area (Å²) < 4.78 is 5.35. The van der Waals surface area contributed by atoms with E-state index in [1.807, 2.05) is 48.5 Å². The van der Waals surface area contributed by atoms with Crippen LogP contribution in [-0.4, -0.2) is 42.4 Å². The number of hydrogen-bond donors (Lipinski definition) is 3. The van der Waals surface area contributed by atoms with Gasteiger partial charge in [0.1, 0.15) is 17.2 Å². The number of amides is 2.